The van der Waals surface area contributed by atoms with Crippen LogP contribution in [-0.4, -0.2) is 23.4 Å². The molecule has 1 aromatic carbocycles. The third-order valence-electron chi connectivity index (χ3n) is 5.58. The third kappa shape index (κ3) is 2.49. The van der Waals surface area contributed by atoms with Gasteiger partial charge in [0.2, 0.25) is 0 Å². The molecule has 20 heavy (non-hydrogen) atoms. The molecule has 0 radical (unpaired) electrons. The predicted molar refractivity (Wildman–Crippen MR) is 80.9 cm³/mol. The lowest BCUT2D eigenvalue weighted by atomic mass is 9.71. The van der Waals surface area contributed by atoms with Crippen LogP contribution in [-0.2, 0) is 5.41 Å². The van der Waals surface area contributed by atoms with Gasteiger partial charge in [0.15, 0.2) is 0 Å². The zero-order valence-electron chi connectivity index (χ0n) is 11.8. The summed E-state index contributed by atoms with van der Waals surface area (Å²) in [4.78, 5) is 0. The summed E-state index contributed by atoms with van der Waals surface area (Å²) in [6.07, 6.45) is 6.21. The molecule has 2 N–H and O–H groups in total. The van der Waals surface area contributed by atoms with E-state index in [0.717, 1.165) is 23.8 Å². The van der Waals surface area contributed by atoms with Crippen LogP contribution >= 0.6 is 11.6 Å². The van der Waals surface area contributed by atoms with Crippen molar-refractivity contribution in [2.24, 2.45) is 17.8 Å². The molecule has 3 unspecified atom stereocenters. The SMILES string of the molecule is OCC(CO)(CC1CC2CCC1C2)c1cccc(Cl)c1. The van der Waals surface area contributed by atoms with Gasteiger partial charge < -0.3 is 10.2 Å². The fraction of sp³-hybridized carbons (Fsp3) is 0.647. The van der Waals surface area contributed by atoms with Crippen LogP contribution < -0.4 is 0 Å². The average molecular weight is 295 g/mol. The van der Waals surface area contributed by atoms with Gasteiger partial charge in [0.05, 0.1) is 13.2 Å². The molecule has 0 spiro atoms. The Morgan fingerprint density at radius 2 is 1.95 bits per heavy atom. The Hall–Kier alpha value is -0.570. The van der Waals surface area contributed by atoms with Crippen molar-refractivity contribution in [3.05, 3.63) is 34.9 Å². The van der Waals surface area contributed by atoms with Crippen LogP contribution in [0.3, 0.4) is 0 Å². The highest BCUT2D eigenvalue weighted by Gasteiger charge is 2.44. The number of benzene rings is 1. The largest absolute Gasteiger partial charge is 0.395 e. The Kier molecular flexibility index (Phi) is 4.07. The van der Waals surface area contributed by atoms with E-state index in [2.05, 4.69) is 0 Å². The Morgan fingerprint density at radius 3 is 2.50 bits per heavy atom. The quantitative estimate of drug-likeness (QED) is 0.874. The van der Waals surface area contributed by atoms with Crippen molar-refractivity contribution >= 4 is 11.6 Å². The molecular formula is C17H23ClO2. The van der Waals surface area contributed by atoms with Gasteiger partial charge in [0.1, 0.15) is 0 Å². The van der Waals surface area contributed by atoms with Gasteiger partial charge in [0.25, 0.3) is 0 Å². The molecule has 2 aliphatic rings. The third-order valence-corrected chi connectivity index (χ3v) is 5.81. The maximum Gasteiger partial charge on any atom is 0.0550 e. The molecular weight excluding hydrogens is 272 g/mol. The minimum atomic E-state index is -0.542. The van der Waals surface area contributed by atoms with E-state index < -0.39 is 5.41 Å². The second kappa shape index (κ2) is 5.67. The molecule has 2 bridgehead atoms. The summed E-state index contributed by atoms with van der Waals surface area (Å²) in [5.41, 5.74) is 0.429. The van der Waals surface area contributed by atoms with Crippen molar-refractivity contribution < 1.29 is 10.2 Å². The first-order valence-electron chi connectivity index (χ1n) is 7.64. The van der Waals surface area contributed by atoms with E-state index >= 15 is 0 Å². The van der Waals surface area contributed by atoms with Crippen LogP contribution in [0.15, 0.2) is 24.3 Å². The standard InChI is InChI=1S/C17H23ClO2/c18-16-3-1-2-15(8-16)17(10-19,11-20)9-14-7-12-4-5-13(14)6-12/h1-3,8,12-14,19-20H,4-7,9-11H2. The molecule has 3 heteroatoms. The van der Waals surface area contributed by atoms with Gasteiger partial charge >= 0.3 is 0 Å². The predicted octanol–water partition coefficient (Wildman–Crippen LogP) is 3.39. The first-order chi connectivity index (χ1) is 9.66. The Bertz CT molecular complexity index is 470. The molecule has 2 fully saturated rings. The topological polar surface area (TPSA) is 40.5 Å². The van der Waals surface area contributed by atoms with Gasteiger partial charge in [-0.15, -0.1) is 0 Å². The normalized spacial score (nSPS) is 29.1. The molecule has 2 nitrogen and oxygen atoms in total. The molecule has 0 saturated heterocycles. The van der Waals surface area contributed by atoms with Crippen LogP contribution in [0.4, 0.5) is 0 Å². The summed E-state index contributed by atoms with van der Waals surface area (Å²) in [6, 6.07) is 7.60. The van der Waals surface area contributed by atoms with E-state index in [1.165, 1.54) is 25.7 Å². The van der Waals surface area contributed by atoms with Crippen LogP contribution in [0.5, 0.6) is 0 Å². The number of aliphatic hydroxyl groups is 2. The number of rotatable bonds is 5. The first kappa shape index (κ1) is 14.4. The maximum atomic E-state index is 9.95. The van der Waals surface area contributed by atoms with E-state index in [1.807, 2.05) is 24.3 Å². The Morgan fingerprint density at radius 1 is 1.15 bits per heavy atom. The van der Waals surface area contributed by atoms with Crippen molar-refractivity contribution in [2.45, 2.75) is 37.5 Å². The first-order valence-corrected chi connectivity index (χ1v) is 8.02. The molecule has 2 saturated carbocycles. The summed E-state index contributed by atoms with van der Waals surface area (Å²) in [7, 11) is 0. The van der Waals surface area contributed by atoms with Gasteiger partial charge in [-0.1, -0.05) is 30.2 Å². The minimum Gasteiger partial charge on any atom is -0.395 e. The summed E-state index contributed by atoms with van der Waals surface area (Å²) < 4.78 is 0. The summed E-state index contributed by atoms with van der Waals surface area (Å²) in [5, 5.41) is 20.6. The van der Waals surface area contributed by atoms with Crippen LogP contribution in [0.25, 0.3) is 0 Å². The number of halogens is 1. The van der Waals surface area contributed by atoms with Crippen molar-refractivity contribution in [3.8, 4) is 0 Å². The second-order valence-corrected chi connectivity index (χ2v) is 7.18. The molecule has 3 atom stereocenters. The number of aliphatic hydroxyl groups excluding tert-OH is 2. The Labute approximate surface area is 125 Å². The monoisotopic (exact) mass is 294 g/mol. The second-order valence-electron chi connectivity index (χ2n) is 6.75. The molecule has 3 rings (SSSR count). The minimum absolute atomic E-state index is 0.0161. The fourth-order valence-corrected chi connectivity index (χ4v) is 4.62. The zero-order chi connectivity index (χ0) is 14.2. The average Bonchev–Trinajstić information content (AvgIpc) is 3.07. The van der Waals surface area contributed by atoms with Crippen LogP contribution in [0, 0.1) is 17.8 Å². The lowest BCUT2D eigenvalue weighted by Gasteiger charge is -2.36. The van der Waals surface area contributed by atoms with E-state index in [4.69, 9.17) is 11.6 Å². The van der Waals surface area contributed by atoms with Gasteiger partial charge in [0, 0.05) is 10.4 Å². The van der Waals surface area contributed by atoms with E-state index in [-0.39, 0.29) is 13.2 Å². The lowest BCUT2D eigenvalue weighted by Crippen LogP contribution is -2.38. The zero-order valence-corrected chi connectivity index (χ0v) is 12.5. The molecule has 110 valence electrons. The number of hydrogen-bond donors (Lipinski definition) is 2. The van der Waals surface area contributed by atoms with Gasteiger partial charge in [-0.05, 0) is 61.1 Å². The highest BCUT2D eigenvalue weighted by molar-refractivity contribution is 6.30. The smallest absolute Gasteiger partial charge is 0.0550 e. The molecule has 1 aromatic rings. The lowest BCUT2D eigenvalue weighted by molar-refractivity contribution is 0.0847. The Balaban J connectivity index is 1.84. The number of hydrogen-bond acceptors (Lipinski definition) is 2. The van der Waals surface area contributed by atoms with E-state index in [1.54, 1.807) is 0 Å². The molecule has 2 aliphatic carbocycles. The van der Waals surface area contributed by atoms with Crippen molar-refractivity contribution in [1.29, 1.82) is 0 Å². The highest BCUT2D eigenvalue weighted by atomic mass is 35.5. The highest BCUT2D eigenvalue weighted by Crippen LogP contribution is 2.52. The summed E-state index contributed by atoms with van der Waals surface area (Å²) in [6.45, 7) is -0.0323. The van der Waals surface area contributed by atoms with Crippen LogP contribution in [0.2, 0.25) is 5.02 Å². The van der Waals surface area contributed by atoms with Crippen molar-refractivity contribution in [3.63, 3.8) is 0 Å². The number of fused-ring (bicyclic) bond motifs is 2. The van der Waals surface area contributed by atoms with Gasteiger partial charge in [-0.2, -0.15) is 0 Å². The molecule has 0 heterocycles. The van der Waals surface area contributed by atoms with E-state index in [9.17, 15) is 10.2 Å². The maximum absolute atomic E-state index is 9.95. The van der Waals surface area contributed by atoms with Crippen LogP contribution in [0.1, 0.15) is 37.7 Å². The van der Waals surface area contributed by atoms with Crippen molar-refractivity contribution in [2.75, 3.05) is 13.2 Å². The molecule has 0 amide bonds. The van der Waals surface area contributed by atoms with Gasteiger partial charge in [-0.25, -0.2) is 0 Å². The summed E-state index contributed by atoms with van der Waals surface area (Å²) >= 11 is 6.08. The van der Waals surface area contributed by atoms with Crippen molar-refractivity contribution in [1.82, 2.24) is 0 Å². The summed E-state index contributed by atoms with van der Waals surface area (Å²) in [5.74, 6) is 2.34. The molecule has 0 aliphatic heterocycles. The fourth-order valence-electron chi connectivity index (χ4n) is 4.43. The van der Waals surface area contributed by atoms with Gasteiger partial charge in [-0.3, -0.25) is 0 Å². The van der Waals surface area contributed by atoms with E-state index in [0.29, 0.717) is 10.9 Å². The molecule has 0 aromatic heterocycles.